The van der Waals surface area contributed by atoms with Gasteiger partial charge in [0.05, 0.1) is 36.1 Å². The van der Waals surface area contributed by atoms with E-state index in [2.05, 4.69) is 35.6 Å². The minimum atomic E-state index is -0.292. The number of pyridine rings is 1. The van der Waals surface area contributed by atoms with Gasteiger partial charge in [0, 0.05) is 48.8 Å². The zero-order valence-electron chi connectivity index (χ0n) is 15.0. The van der Waals surface area contributed by atoms with Crippen molar-refractivity contribution >= 4 is 22.6 Å². The highest BCUT2D eigenvalue weighted by Gasteiger charge is 2.49. The first-order valence-corrected chi connectivity index (χ1v) is 9.64. The summed E-state index contributed by atoms with van der Waals surface area (Å²) in [7, 11) is 0. The maximum absolute atomic E-state index is 6.25. The van der Waals surface area contributed by atoms with Crippen molar-refractivity contribution in [2.45, 2.75) is 18.7 Å². The highest BCUT2D eigenvalue weighted by molar-refractivity contribution is 6.35. The maximum Gasteiger partial charge on any atom is 0.138 e. The lowest BCUT2D eigenvalue weighted by molar-refractivity contribution is -0.173. The largest absolute Gasteiger partial charge is 0.364 e. The van der Waals surface area contributed by atoms with Crippen LogP contribution in [0.3, 0.4) is 0 Å². The average Bonchev–Trinajstić information content (AvgIpc) is 3.41. The molecule has 0 amide bonds. The van der Waals surface area contributed by atoms with Gasteiger partial charge in [0.15, 0.2) is 0 Å². The molecule has 0 bridgehead atoms. The zero-order chi connectivity index (χ0) is 18.7. The lowest BCUT2D eigenvalue weighted by Gasteiger charge is -2.51. The normalized spacial score (nSPS) is 18.5. The molecule has 6 heterocycles. The van der Waals surface area contributed by atoms with Crippen LogP contribution in [0.5, 0.6) is 0 Å². The van der Waals surface area contributed by atoms with Gasteiger partial charge in [-0.1, -0.05) is 11.6 Å². The number of rotatable bonds is 3. The zero-order valence-corrected chi connectivity index (χ0v) is 15.8. The molecule has 0 atom stereocenters. The molecule has 2 N–H and O–H groups in total. The van der Waals surface area contributed by atoms with Crippen LogP contribution in [-0.4, -0.2) is 54.3 Å². The Morgan fingerprint density at radius 2 is 2.14 bits per heavy atom. The molecular weight excluding hydrogens is 378 g/mol. The number of likely N-dealkylation sites (tertiary alicyclic amines) is 1. The van der Waals surface area contributed by atoms with Crippen molar-refractivity contribution in [3.63, 3.8) is 0 Å². The molecule has 1 fully saturated rings. The molecule has 9 heteroatoms. The fraction of sp³-hybridized carbons (Fsp3) is 0.316. The smallest absolute Gasteiger partial charge is 0.138 e. The van der Waals surface area contributed by atoms with E-state index in [1.807, 2.05) is 18.5 Å². The third-order valence-corrected chi connectivity index (χ3v) is 5.90. The number of aromatic amines is 2. The summed E-state index contributed by atoms with van der Waals surface area (Å²) in [5, 5.41) is 6.40. The standard InChI is InChI=1S/C19H18ClN7O/c20-14-8-24-18-13(14)5-12(7-23-18)15-6-16-19(28-4-3-27(16)25-15)10-26(11-19)9-17-21-1-2-22-17/h1-2,5-8H,3-4,9-11H2,(H,21,22)(H,23,24). The van der Waals surface area contributed by atoms with Gasteiger partial charge < -0.3 is 14.7 Å². The van der Waals surface area contributed by atoms with E-state index < -0.39 is 0 Å². The van der Waals surface area contributed by atoms with Gasteiger partial charge in [-0.25, -0.2) is 9.97 Å². The van der Waals surface area contributed by atoms with Crippen LogP contribution >= 0.6 is 11.6 Å². The average molecular weight is 396 g/mol. The number of nitrogens with zero attached hydrogens (tertiary/aromatic N) is 5. The summed E-state index contributed by atoms with van der Waals surface area (Å²) in [6, 6.07) is 4.17. The quantitative estimate of drug-likeness (QED) is 0.556. The summed E-state index contributed by atoms with van der Waals surface area (Å²) in [5.41, 5.74) is 3.47. The third kappa shape index (κ3) is 2.42. The monoisotopic (exact) mass is 395 g/mol. The Kier molecular flexibility index (Phi) is 3.44. The van der Waals surface area contributed by atoms with Crippen LogP contribution in [0, 0.1) is 0 Å². The van der Waals surface area contributed by atoms with E-state index in [1.165, 1.54) is 0 Å². The number of fused-ring (bicyclic) bond motifs is 3. The first kappa shape index (κ1) is 16.3. The summed E-state index contributed by atoms with van der Waals surface area (Å²) < 4.78 is 8.30. The summed E-state index contributed by atoms with van der Waals surface area (Å²) >= 11 is 6.25. The first-order chi connectivity index (χ1) is 13.7. The number of nitrogens with one attached hydrogen (secondary N) is 2. The number of imidazole rings is 1. The minimum absolute atomic E-state index is 0.292. The number of ether oxygens (including phenoxy) is 1. The molecule has 1 spiro atoms. The van der Waals surface area contributed by atoms with E-state index >= 15 is 0 Å². The minimum Gasteiger partial charge on any atom is -0.364 e. The molecule has 8 nitrogen and oxygen atoms in total. The van der Waals surface area contributed by atoms with Crippen LogP contribution in [0.1, 0.15) is 11.5 Å². The Morgan fingerprint density at radius 1 is 1.21 bits per heavy atom. The molecule has 1 saturated heterocycles. The predicted molar refractivity (Wildman–Crippen MR) is 104 cm³/mol. The summed E-state index contributed by atoms with van der Waals surface area (Å²) in [5.74, 6) is 0.975. The van der Waals surface area contributed by atoms with Crippen LogP contribution in [0.25, 0.3) is 22.3 Å². The van der Waals surface area contributed by atoms with Gasteiger partial charge in [-0.2, -0.15) is 5.10 Å². The number of aromatic nitrogens is 6. The molecular formula is C19H18ClN7O. The Balaban J connectivity index is 1.31. The Hall–Kier alpha value is -2.68. The summed E-state index contributed by atoms with van der Waals surface area (Å²) in [6.45, 7) is 3.89. The number of halogens is 1. The summed E-state index contributed by atoms with van der Waals surface area (Å²) in [6.07, 6.45) is 7.23. The Labute approximate surface area is 165 Å². The second-order valence-electron chi connectivity index (χ2n) is 7.42. The van der Waals surface area contributed by atoms with Gasteiger partial charge in [0.25, 0.3) is 0 Å². The van der Waals surface area contributed by atoms with Gasteiger partial charge in [0.2, 0.25) is 0 Å². The van der Waals surface area contributed by atoms with Crippen molar-refractivity contribution in [1.82, 2.24) is 34.6 Å². The number of H-pyrrole nitrogens is 2. The first-order valence-electron chi connectivity index (χ1n) is 9.26. The molecule has 28 heavy (non-hydrogen) atoms. The van der Waals surface area contributed by atoms with Gasteiger partial charge in [-0.05, 0) is 12.1 Å². The molecule has 0 saturated carbocycles. The van der Waals surface area contributed by atoms with Crippen molar-refractivity contribution < 1.29 is 4.74 Å². The molecule has 2 aliphatic heterocycles. The van der Waals surface area contributed by atoms with Crippen molar-refractivity contribution in [2.75, 3.05) is 19.7 Å². The van der Waals surface area contributed by atoms with E-state index in [-0.39, 0.29) is 5.60 Å². The van der Waals surface area contributed by atoms with E-state index in [0.717, 1.165) is 60.0 Å². The van der Waals surface area contributed by atoms with Crippen LogP contribution in [0.2, 0.25) is 5.02 Å². The maximum atomic E-state index is 6.25. The SMILES string of the molecule is Clc1c[nH]c2ncc(-c3cc4n(n3)CCOC43CN(Cc4ncc[nH]4)C3)cc12. The molecule has 2 aliphatic rings. The second kappa shape index (κ2) is 5.91. The van der Waals surface area contributed by atoms with E-state index in [4.69, 9.17) is 21.4 Å². The van der Waals surface area contributed by atoms with Crippen LogP contribution in [0.4, 0.5) is 0 Å². The third-order valence-electron chi connectivity index (χ3n) is 5.59. The molecule has 0 aliphatic carbocycles. The topological polar surface area (TPSA) is 87.7 Å². The van der Waals surface area contributed by atoms with E-state index in [9.17, 15) is 0 Å². The van der Waals surface area contributed by atoms with Gasteiger partial charge >= 0.3 is 0 Å². The fourth-order valence-corrected chi connectivity index (χ4v) is 4.44. The number of hydrogen-bond acceptors (Lipinski definition) is 5. The Bertz CT molecular complexity index is 1160. The lowest BCUT2D eigenvalue weighted by Crippen LogP contribution is -2.62. The molecule has 0 radical (unpaired) electrons. The van der Waals surface area contributed by atoms with Gasteiger partial charge in [0.1, 0.15) is 17.1 Å². The molecule has 4 aromatic heterocycles. The van der Waals surface area contributed by atoms with Gasteiger partial charge in [-0.15, -0.1) is 0 Å². The predicted octanol–water partition coefficient (Wildman–Crippen LogP) is 2.54. The Morgan fingerprint density at radius 3 is 3.00 bits per heavy atom. The number of hydrogen-bond donors (Lipinski definition) is 2. The van der Waals surface area contributed by atoms with Crippen LogP contribution in [-0.2, 0) is 23.4 Å². The lowest BCUT2D eigenvalue weighted by atomic mass is 9.88. The van der Waals surface area contributed by atoms with Crippen LogP contribution < -0.4 is 0 Å². The van der Waals surface area contributed by atoms with Gasteiger partial charge in [-0.3, -0.25) is 9.58 Å². The van der Waals surface area contributed by atoms with Crippen molar-refractivity contribution in [3.05, 3.63) is 53.5 Å². The molecule has 0 unspecified atom stereocenters. The molecule has 4 aromatic rings. The summed E-state index contributed by atoms with van der Waals surface area (Å²) in [4.78, 5) is 17.3. The van der Waals surface area contributed by atoms with E-state index in [1.54, 1.807) is 12.4 Å². The van der Waals surface area contributed by atoms with Crippen molar-refractivity contribution in [2.24, 2.45) is 0 Å². The molecule has 142 valence electrons. The van der Waals surface area contributed by atoms with Crippen LogP contribution in [0.15, 0.2) is 36.9 Å². The highest BCUT2D eigenvalue weighted by Crippen LogP contribution is 2.40. The van der Waals surface area contributed by atoms with Crippen molar-refractivity contribution in [1.29, 1.82) is 0 Å². The van der Waals surface area contributed by atoms with Crippen molar-refractivity contribution in [3.8, 4) is 11.3 Å². The van der Waals surface area contributed by atoms with E-state index in [0.29, 0.717) is 11.6 Å². The fourth-order valence-electron chi connectivity index (χ4n) is 4.25. The molecule has 0 aromatic carbocycles. The second-order valence-corrected chi connectivity index (χ2v) is 7.83. The highest BCUT2D eigenvalue weighted by atomic mass is 35.5. The molecule has 6 rings (SSSR count).